The van der Waals surface area contributed by atoms with Crippen LogP contribution in [-0.2, 0) is 17.8 Å². The summed E-state index contributed by atoms with van der Waals surface area (Å²) in [4.78, 5) is 2.29. The quantitative estimate of drug-likeness (QED) is 0.631. The molecule has 116 valence electrons. The topological polar surface area (TPSA) is 50.5 Å². The molecule has 1 aromatic heterocycles. The van der Waals surface area contributed by atoms with E-state index < -0.39 is 0 Å². The number of nitrogens with one attached hydrogen (secondary N) is 1. The van der Waals surface area contributed by atoms with Gasteiger partial charge in [0, 0.05) is 25.8 Å². The van der Waals surface area contributed by atoms with E-state index in [0.29, 0.717) is 5.92 Å². The lowest BCUT2D eigenvalue weighted by Crippen LogP contribution is -2.26. The summed E-state index contributed by atoms with van der Waals surface area (Å²) in [7, 11) is 0. The second-order valence-corrected chi connectivity index (χ2v) is 5.38. The molecule has 0 radical (unpaired) electrons. The molecule has 0 saturated carbocycles. The molecule has 1 aromatic rings. The normalized spacial score (nSPS) is 11.7. The van der Waals surface area contributed by atoms with Crippen LogP contribution in [0.2, 0.25) is 0 Å². The Morgan fingerprint density at radius 2 is 2.20 bits per heavy atom. The van der Waals surface area contributed by atoms with E-state index in [-0.39, 0.29) is 0 Å². The summed E-state index contributed by atoms with van der Waals surface area (Å²) in [6.45, 7) is 14.5. The molecule has 0 aliphatic heterocycles. The van der Waals surface area contributed by atoms with Crippen molar-refractivity contribution in [1.82, 2.24) is 15.4 Å². The van der Waals surface area contributed by atoms with E-state index in [0.717, 1.165) is 57.4 Å². The Labute approximate surface area is 122 Å². The Morgan fingerprint density at radius 1 is 1.40 bits per heavy atom. The van der Waals surface area contributed by atoms with Crippen molar-refractivity contribution >= 4 is 0 Å². The van der Waals surface area contributed by atoms with Crippen LogP contribution in [0.15, 0.2) is 10.6 Å². The first-order valence-corrected chi connectivity index (χ1v) is 7.61. The zero-order chi connectivity index (χ0) is 14.8. The molecular formula is C15H29N3O2. The van der Waals surface area contributed by atoms with Crippen molar-refractivity contribution in [2.45, 2.75) is 40.8 Å². The van der Waals surface area contributed by atoms with Crippen LogP contribution >= 0.6 is 0 Å². The van der Waals surface area contributed by atoms with Gasteiger partial charge in [-0.3, -0.25) is 4.90 Å². The van der Waals surface area contributed by atoms with Crippen molar-refractivity contribution in [3.63, 3.8) is 0 Å². The van der Waals surface area contributed by atoms with Gasteiger partial charge in [-0.1, -0.05) is 25.9 Å². The summed E-state index contributed by atoms with van der Waals surface area (Å²) in [5.41, 5.74) is 0.974. The lowest BCUT2D eigenvalue weighted by atomic mass is 10.2. The highest BCUT2D eigenvalue weighted by atomic mass is 16.5. The zero-order valence-corrected chi connectivity index (χ0v) is 13.3. The average molecular weight is 283 g/mol. The fourth-order valence-electron chi connectivity index (χ4n) is 1.91. The summed E-state index contributed by atoms with van der Waals surface area (Å²) in [5.74, 6) is 1.57. The maximum absolute atomic E-state index is 5.39. The molecular weight excluding hydrogens is 254 g/mol. The maximum atomic E-state index is 5.39. The fourth-order valence-corrected chi connectivity index (χ4v) is 1.91. The molecule has 0 aliphatic rings. The van der Waals surface area contributed by atoms with Crippen LogP contribution in [0.25, 0.3) is 0 Å². The summed E-state index contributed by atoms with van der Waals surface area (Å²) < 4.78 is 10.8. The summed E-state index contributed by atoms with van der Waals surface area (Å²) in [5, 5.41) is 7.47. The number of aromatic nitrogens is 1. The smallest absolute Gasteiger partial charge is 0.151 e. The molecule has 0 fully saturated rings. The minimum atomic E-state index is 0.649. The van der Waals surface area contributed by atoms with Gasteiger partial charge in [0.05, 0.1) is 18.8 Å². The van der Waals surface area contributed by atoms with Crippen LogP contribution in [0.1, 0.15) is 39.1 Å². The van der Waals surface area contributed by atoms with Gasteiger partial charge in [-0.2, -0.15) is 0 Å². The Kier molecular flexibility index (Phi) is 8.49. The summed E-state index contributed by atoms with van der Waals surface area (Å²) in [6.07, 6.45) is 0. The van der Waals surface area contributed by atoms with Gasteiger partial charge in [-0.15, -0.1) is 0 Å². The molecule has 0 spiro atoms. The number of hydrogen-bond donors (Lipinski definition) is 1. The van der Waals surface area contributed by atoms with E-state index in [9.17, 15) is 0 Å². The SMILES string of the molecule is CCOCCN(CC)Cc1cc(CNCC(C)C)no1. The van der Waals surface area contributed by atoms with Crippen LogP contribution in [0.3, 0.4) is 0 Å². The minimum absolute atomic E-state index is 0.649. The molecule has 5 heteroatoms. The molecule has 20 heavy (non-hydrogen) atoms. The molecule has 0 atom stereocenters. The maximum Gasteiger partial charge on any atom is 0.151 e. The number of ether oxygens (including phenoxy) is 1. The third-order valence-electron chi connectivity index (χ3n) is 3.05. The highest BCUT2D eigenvalue weighted by molar-refractivity contribution is 5.05. The monoisotopic (exact) mass is 283 g/mol. The minimum Gasteiger partial charge on any atom is -0.380 e. The van der Waals surface area contributed by atoms with Crippen molar-refractivity contribution < 1.29 is 9.26 Å². The predicted octanol–water partition coefficient (Wildman–Crippen LogP) is 2.28. The van der Waals surface area contributed by atoms with E-state index >= 15 is 0 Å². The first kappa shape index (κ1) is 17.1. The summed E-state index contributed by atoms with van der Waals surface area (Å²) >= 11 is 0. The average Bonchev–Trinajstić information content (AvgIpc) is 2.85. The highest BCUT2D eigenvalue weighted by Crippen LogP contribution is 2.07. The van der Waals surface area contributed by atoms with E-state index in [1.54, 1.807) is 0 Å². The molecule has 0 bridgehead atoms. The molecule has 1 N–H and O–H groups in total. The van der Waals surface area contributed by atoms with Crippen LogP contribution in [0.4, 0.5) is 0 Å². The van der Waals surface area contributed by atoms with Gasteiger partial charge in [-0.25, -0.2) is 0 Å². The highest BCUT2D eigenvalue weighted by Gasteiger charge is 2.09. The molecule has 0 aliphatic carbocycles. The van der Waals surface area contributed by atoms with E-state index in [2.05, 4.69) is 36.1 Å². The summed E-state index contributed by atoms with van der Waals surface area (Å²) in [6, 6.07) is 2.04. The van der Waals surface area contributed by atoms with E-state index in [1.165, 1.54) is 0 Å². The van der Waals surface area contributed by atoms with Crippen molar-refractivity contribution in [2.75, 3.05) is 32.8 Å². The molecule has 1 heterocycles. The van der Waals surface area contributed by atoms with Gasteiger partial charge < -0.3 is 14.6 Å². The lowest BCUT2D eigenvalue weighted by molar-refractivity contribution is 0.109. The first-order chi connectivity index (χ1) is 9.65. The van der Waals surface area contributed by atoms with E-state index in [4.69, 9.17) is 9.26 Å². The van der Waals surface area contributed by atoms with Gasteiger partial charge >= 0.3 is 0 Å². The molecule has 0 aromatic carbocycles. The van der Waals surface area contributed by atoms with Gasteiger partial charge in [0.15, 0.2) is 5.76 Å². The first-order valence-electron chi connectivity index (χ1n) is 7.61. The lowest BCUT2D eigenvalue weighted by Gasteiger charge is -2.18. The van der Waals surface area contributed by atoms with Gasteiger partial charge in [-0.05, 0) is 25.9 Å². The molecule has 1 rings (SSSR count). The van der Waals surface area contributed by atoms with Crippen LogP contribution in [0.5, 0.6) is 0 Å². The Morgan fingerprint density at radius 3 is 2.85 bits per heavy atom. The number of nitrogens with zero attached hydrogens (tertiary/aromatic N) is 2. The van der Waals surface area contributed by atoms with Crippen molar-refractivity contribution in [3.8, 4) is 0 Å². The van der Waals surface area contributed by atoms with Crippen LogP contribution < -0.4 is 5.32 Å². The van der Waals surface area contributed by atoms with Crippen molar-refractivity contribution in [3.05, 3.63) is 17.5 Å². The number of rotatable bonds is 11. The predicted molar refractivity (Wildman–Crippen MR) is 80.5 cm³/mol. The van der Waals surface area contributed by atoms with Crippen LogP contribution in [0, 0.1) is 5.92 Å². The van der Waals surface area contributed by atoms with Gasteiger partial charge in [0.1, 0.15) is 0 Å². The second-order valence-electron chi connectivity index (χ2n) is 5.38. The third-order valence-corrected chi connectivity index (χ3v) is 3.05. The van der Waals surface area contributed by atoms with Gasteiger partial charge in [0.2, 0.25) is 0 Å². The Bertz CT molecular complexity index is 353. The van der Waals surface area contributed by atoms with Crippen molar-refractivity contribution in [2.24, 2.45) is 5.92 Å². The molecule has 5 nitrogen and oxygen atoms in total. The molecule has 0 unspecified atom stereocenters. The van der Waals surface area contributed by atoms with Crippen LogP contribution in [-0.4, -0.2) is 42.9 Å². The number of likely N-dealkylation sites (N-methyl/N-ethyl adjacent to an activating group) is 1. The van der Waals surface area contributed by atoms with Gasteiger partial charge in [0.25, 0.3) is 0 Å². The van der Waals surface area contributed by atoms with Crippen molar-refractivity contribution in [1.29, 1.82) is 0 Å². The number of hydrogen-bond acceptors (Lipinski definition) is 5. The fraction of sp³-hybridized carbons (Fsp3) is 0.800. The third kappa shape index (κ3) is 7.03. The molecule has 0 amide bonds. The standard InChI is InChI=1S/C15H29N3O2/c1-5-18(7-8-19-6-2)12-15-9-14(17-20-15)11-16-10-13(3)4/h9,13,16H,5-8,10-12H2,1-4H3. The largest absolute Gasteiger partial charge is 0.380 e. The van der Waals surface area contributed by atoms with E-state index in [1.807, 2.05) is 13.0 Å². The zero-order valence-electron chi connectivity index (χ0n) is 13.3. The Balaban J connectivity index is 2.33. The molecule has 0 saturated heterocycles. The second kappa shape index (κ2) is 9.91. The Hall–Kier alpha value is -0.910.